The third kappa shape index (κ3) is 6.29. The monoisotopic (exact) mass is 291 g/mol. The first-order valence-electron chi connectivity index (χ1n) is 7.00. The van der Waals surface area contributed by atoms with E-state index in [-0.39, 0.29) is 17.5 Å². The highest BCUT2D eigenvalue weighted by Crippen LogP contribution is 2.25. The van der Waals surface area contributed by atoms with Gasteiger partial charge in [-0.25, -0.2) is 9.79 Å². The van der Waals surface area contributed by atoms with Crippen LogP contribution in [0.5, 0.6) is 0 Å². The van der Waals surface area contributed by atoms with Crippen LogP contribution in [0.2, 0.25) is 0 Å². The van der Waals surface area contributed by atoms with Crippen LogP contribution in [0.3, 0.4) is 0 Å². The summed E-state index contributed by atoms with van der Waals surface area (Å²) in [4.78, 5) is 16.3. The second kappa shape index (κ2) is 6.61. The van der Waals surface area contributed by atoms with Gasteiger partial charge in [-0.3, -0.25) is 0 Å². The average molecular weight is 291 g/mol. The molecule has 5 nitrogen and oxygen atoms in total. The Morgan fingerprint density at radius 1 is 1.10 bits per heavy atom. The fourth-order valence-electron chi connectivity index (χ4n) is 1.95. The van der Waals surface area contributed by atoms with Crippen LogP contribution in [-0.2, 0) is 4.74 Å². The first-order chi connectivity index (χ1) is 9.61. The SMILES string of the molecule is CC(C)(CCC(C)(C)OC(=O)c1ccccc1)N=C(N)N. The van der Waals surface area contributed by atoms with Crippen LogP contribution >= 0.6 is 0 Å². The van der Waals surface area contributed by atoms with Gasteiger partial charge in [-0.15, -0.1) is 0 Å². The molecule has 0 fully saturated rings. The highest BCUT2D eigenvalue weighted by Gasteiger charge is 2.27. The smallest absolute Gasteiger partial charge is 0.338 e. The van der Waals surface area contributed by atoms with Crippen molar-refractivity contribution in [2.45, 2.75) is 51.7 Å². The molecule has 0 aliphatic rings. The number of guanidine groups is 1. The van der Waals surface area contributed by atoms with Crippen molar-refractivity contribution in [3.05, 3.63) is 35.9 Å². The lowest BCUT2D eigenvalue weighted by atomic mass is 9.92. The van der Waals surface area contributed by atoms with Gasteiger partial charge in [0.1, 0.15) is 5.60 Å². The summed E-state index contributed by atoms with van der Waals surface area (Å²) in [6, 6.07) is 8.96. The van der Waals surface area contributed by atoms with Crippen LogP contribution in [0, 0.1) is 0 Å². The number of rotatable bonds is 6. The molecule has 0 saturated carbocycles. The van der Waals surface area contributed by atoms with Crippen LogP contribution in [0.25, 0.3) is 0 Å². The van der Waals surface area contributed by atoms with Gasteiger partial charge in [0, 0.05) is 0 Å². The van der Waals surface area contributed by atoms with Crippen molar-refractivity contribution < 1.29 is 9.53 Å². The van der Waals surface area contributed by atoms with E-state index >= 15 is 0 Å². The minimum atomic E-state index is -0.580. The van der Waals surface area contributed by atoms with Crippen LogP contribution < -0.4 is 11.5 Å². The largest absolute Gasteiger partial charge is 0.456 e. The molecule has 1 aromatic carbocycles. The average Bonchev–Trinajstić information content (AvgIpc) is 2.36. The second-order valence-electron chi connectivity index (χ2n) is 6.36. The number of nitrogens with two attached hydrogens (primary N) is 2. The molecule has 5 heteroatoms. The number of aliphatic imine (C=N–C) groups is 1. The molecule has 0 aromatic heterocycles. The molecular formula is C16H25N3O2. The minimum Gasteiger partial charge on any atom is -0.456 e. The zero-order valence-corrected chi connectivity index (χ0v) is 13.2. The standard InChI is InChI=1S/C16H25N3O2/c1-15(2,19-14(17)18)10-11-16(3,4)21-13(20)12-8-6-5-7-9-12/h5-9H,10-11H2,1-4H3,(H4,17,18,19). The lowest BCUT2D eigenvalue weighted by Crippen LogP contribution is -2.33. The molecule has 0 amide bonds. The van der Waals surface area contributed by atoms with Gasteiger partial charge in [-0.2, -0.15) is 0 Å². The van der Waals surface area contributed by atoms with E-state index in [9.17, 15) is 4.79 Å². The molecule has 0 atom stereocenters. The summed E-state index contributed by atoms with van der Waals surface area (Å²) in [5.74, 6) is -0.251. The molecule has 0 aliphatic heterocycles. The minimum absolute atomic E-state index is 0.0686. The van der Waals surface area contributed by atoms with Crippen molar-refractivity contribution >= 4 is 11.9 Å². The van der Waals surface area contributed by atoms with Gasteiger partial charge in [-0.1, -0.05) is 18.2 Å². The molecule has 0 saturated heterocycles. The maximum absolute atomic E-state index is 12.1. The van der Waals surface area contributed by atoms with Gasteiger partial charge in [0.25, 0.3) is 0 Å². The molecule has 1 rings (SSSR count). The summed E-state index contributed by atoms with van der Waals surface area (Å²) in [6.45, 7) is 7.67. The molecular weight excluding hydrogens is 266 g/mol. The second-order valence-corrected chi connectivity index (χ2v) is 6.36. The third-order valence-electron chi connectivity index (χ3n) is 3.15. The number of ether oxygens (including phenoxy) is 1. The molecule has 0 radical (unpaired) electrons. The zero-order valence-electron chi connectivity index (χ0n) is 13.2. The fraction of sp³-hybridized carbons (Fsp3) is 0.500. The number of hydrogen-bond acceptors (Lipinski definition) is 3. The number of benzene rings is 1. The van der Waals surface area contributed by atoms with Gasteiger partial charge < -0.3 is 16.2 Å². The van der Waals surface area contributed by atoms with Crippen LogP contribution in [0.1, 0.15) is 50.9 Å². The highest BCUT2D eigenvalue weighted by molar-refractivity contribution is 5.89. The van der Waals surface area contributed by atoms with Crippen molar-refractivity contribution in [1.82, 2.24) is 0 Å². The normalized spacial score (nSPS) is 11.8. The Balaban J connectivity index is 2.62. The molecule has 21 heavy (non-hydrogen) atoms. The zero-order chi connectivity index (χ0) is 16.1. The van der Waals surface area contributed by atoms with E-state index in [4.69, 9.17) is 16.2 Å². The summed E-state index contributed by atoms with van der Waals surface area (Å²) in [6.07, 6.45) is 1.37. The number of carbonyl (C=O) groups excluding carboxylic acids is 1. The molecule has 0 bridgehead atoms. The lowest BCUT2D eigenvalue weighted by Gasteiger charge is -2.29. The molecule has 0 unspecified atom stereocenters. The van der Waals surface area contributed by atoms with Crippen molar-refractivity contribution in [3.8, 4) is 0 Å². The van der Waals surface area contributed by atoms with Gasteiger partial charge >= 0.3 is 5.97 Å². The quantitative estimate of drug-likeness (QED) is 0.478. The predicted octanol–water partition coefficient (Wildman–Crippen LogP) is 2.45. The predicted molar refractivity (Wildman–Crippen MR) is 85.1 cm³/mol. The fourth-order valence-corrected chi connectivity index (χ4v) is 1.95. The molecule has 116 valence electrons. The number of hydrogen-bond donors (Lipinski definition) is 2. The Hall–Kier alpha value is -2.04. The van der Waals surface area contributed by atoms with Gasteiger partial charge in [0.15, 0.2) is 5.96 Å². The summed E-state index contributed by atoms with van der Waals surface area (Å²) < 4.78 is 5.57. The van der Waals surface area contributed by atoms with Gasteiger partial charge in [-0.05, 0) is 52.7 Å². The molecule has 4 N–H and O–H groups in total. The Bertz CT molecular complexity index is 504. The maximum atomic E-state index is 12.1. The van der Waals surface area contributed by atoms with Crippen LogP contribution in [0.15, 0.2) is 35.3 Å². The van der Waals surface area contributed by atoms with Crippen molar-refractivity contribution in [2.24, 2.45) is 16.5 Å². The van der Waals surface area contributed by atoms with E-state index in [1.165, 1.54) is 0 Å². The van der Waals surface area contributed by atoms with Gasteiger partial charge in [0.2, 0.25) is 0 Å². The van der Waals surface area contributed by atoms with Crippen molar-refractivity contribution in [1.29, 1.82) is 0 Å². The third-order valence-corrected chi connectivity index (χ3v) is 3.15. The van der Waals surface area contributed by atoms with E-state index in [2.05, 4.69) is 4.99 Å². The highest BCUT2D eigenvalue weighted by atomic mass is 16.6. The summed E-state index contributed by atoms with van der Waals surface area (Å²) in [5, 5.41) is 0. The van der Waals surface area contributed by atoms with E-state index < -0.39 is 5.60 Å². The maximum Gasteiger partial charge on any atom is 0.338 e. The summed E-state index contributed by atoms with van der Waals surface area (Å²) in [5.41, 5.74) is 10.4. The van der Waals surface area contributed by atoms with E-state index in [1.807, 2.05) is 45.9 Å². The topological polar surface area (TPSA) is 90.7 Å². The Morgan fingerprint density at radius 2 is 1.67 bits per heavy atom. The van der Waals surface area contributed by atoms with E-state index in [0.29, 0.717) is 18.4 Å². The molecule has 0 heterocycles. The lowest BCUT2D eigenvalue weighted by molar-refractivity contribution is -0.00714. The van der Waals surface area contributed by atoms with Crippen molar-refractivity contribution in [2.75, 3.05) is 0 Å². The number of nitrogens with zero attached hydrogens (tertiary/aromatic N) is 1. The first-order valence-corrected chi connectivity index (χ1v) is 7.00. The van der Waals surface area contributed by atoms with Gasteiger partial charge in [0.05, 0.1) is 11.1 Å². The summed E-state index contributed by atoms with van der Waals surface area (Å²) >= 11 is 0. The first kappa shape index (κ1) is 17.0. The van der Waals surface area contributed by atoms with Crippen LogP contribution in [-0.4, -0.2) is 23.1 Å². The molecule has 0 aliphatic carbocycles. The van der Waals surface area contributed by atoms with E-state index in [1.54, 1.807) is 12.1 Å². The Kier molecular flexibility index (Phi) is 5.35. The number of esters is 1. The van der Waals surface area contributed by atoms with Crippen LogP contribution in [0.4, 0.5) is 0 Å². The van der Waals surface area contributed by atoms with Crippen molar-refractivity contribution in [3.63, 3.8) is 0 Å². The Morgan fingerprint density at radius 3 is 2.19 bits per heavy atom. The number of carbonyl (C=O) groups is 1. The molecule has 1 aromatic rings. The molecule has 0 spiro atoms. The Labute approximate surface area is 126 Å². The summed E-state index contributed by atoms with van der Waals surface area (Å²) in [7, 11) is 0. The van der Waals surface area contributed by atoms with E-state index in [0.717, 1.165) is 0 Å².